The Morgan fingerprint density at radius 3 is 2.75 bits per heavy atom. The minimum absolute atomic E-state index is 0.121. The van der Waals surface area contributed by atoms with Crippen LogP contribution in [0.3, 0.4) is 0 Å². The number of aliphatic hydroxyl groups is 1. The van der Waals surface area contributed by atoms with E-state index < -0.39 is 26.2 Å². The lowest BCUT2D eigenvalue weighted by atomic mass is 9.94. The summed E-state index contributed by atoms with van der Waals surface area (Å²) >= 11 is 0. The van der Waals surface area contributed by atoms with Gasteiger partial charge in [0.2, 0.25) is 0 Å². The molecule has 0 fully saturated rings. The zero-order chi connectivity index (χ0) is 17.5. The van der Waals surface area contributed by atoms with Gasteiger partial charge < -0.3 is 5.11 Å². The molecular weight excluding hydrogens is 332 g/mol. The Hall–Kier alpha value is -2.19. The number of aryl methyl sites for hydroxylation is 1. The molecule has 1 aromatic rings. The average Bonchev–Trinajstić information content (AvgIpc) is 2.53. The number of hydrogen-bond acceptors (Lipinski definition) is 5. The van der Waals surface area contributed by atoms with Gasteiger partial charge >= 0.3 is 0 Å². The van der Waals surface area contributed by atoms with Crippen LogP contribution in [0.25, 0.3) is 0 Å². The van der Waals surface area contributed by atoms with Crippen molar-refractivity contribution < 1.29 is 18.4 Å². The number of para-hydroxylation sites is 1. The zero-order valence-corrected chi connectivity index (χ0v) is 14.0. The number of nitro groups is 1. The minimum atomic E-state index is -3.91. The van der Waals surface area contributed by atoms with Crippen molar-refractivity contribution in [2.45, 2.75) is 31.8 Å². The first-order valence-corrected chi connectivity index (χ1v) is 9.07. The molecule has 0 bridgehead atoms. The van der Waals surface area contributed by atoms with Crippen LogP contribution in [0.4, 0.5) is 5.69 Å². The summed E-state index contributed by atoms with van der Waals surface area (Å²) in [7, 11) is -3.91. The van der Waals surface area contributed by atoms with E-state index in [0.717, 1.165) is 18.1 Å². The molecule has 7 nitrogen and oxygen atoms in total. The van der Waals surface area contributed by atoms with Crippen LogP contribution in [0.2, 0.25) is 0 Å². The fourth-order valence-corrected chi connectivity index (χ4v) is 4.67. The molecule has 24 heavy (non-hydrogen) atoms. The fourth-order valence-electron chi connectivity index (χ4n) is 3.06. The predicted octanol–water partition coefficient (Wildman–Crippen LogP) is 1.97. The zero-order valence-electron chi connectivity index (χ0n) is 13.2. The second-order valence-electron chi connectivity index (χ2n) is 6.18. The molecule has 1 unspecified atom stereocenters. The van der Waals surface area contributed by atoms with E-state index in [2.05, 4.69) is 0 Å². The van der Waals surface area contributed by atoms with Crippen molar-refractivity contribution in [3.8, 4) is 0 Å². The molecule has 0 spiro atoms. The Balaban J connectivity index is 2.04. The van der Waals surface area contributed by atoms with E-state index in [1.165, 1.54) is 17.3 Å². The molecule has 0 aromatic heterocycles. The largest absolute Gasteiger partial charge is 0.379 e. The third-order valence-electron chi connectivity index (χ3n) is 4.38. The number of fused-ring (bicyclic) bond motifs is 1. The number of sulfonamides is 1. The number of nitrogens with zero attached hydrogens (tertiary/aromatic N) is 2. The van der Waals surface area contributed by atoms with E-state index in [0.29, 0.717) is 18.7 Å². The lowest BCUT2D eigenvalue weighted by Crippen LogP contribution is -2.38. The number of hydrogen-bond donors (Lipinski definition) is 1. The van der Waals surface area contributed by atoms with Gasteiger partial charge in [0.1, 0.15) is 0 Å². The molecule has 0 saturated heterocycles. The maximum atomic E-state index is 13.0. The van der Waals surface area contributed by atoms with Gasteiger partial charge in [-0.15, -0.1) is 0 Å². The molecule has 2 aliphatic rings. The highest BCUT2D eigenvalue weighted by molar-refractivity contribution is 7.96. The van der Waals surface area contributed by atoms with Crippen LogP contribution in [0, 0.1) is 10.1 Å². The summed E-state index contributed by atoms with van der Waals surface area (Å²) in [6.45, 7) is 1.63. The van der Waals surface area contributed by atoms with E-state index in [1.54, 1.807) is 12.1 Å². The molecule has 3 rings (SSSR count). The third-order valence-corrected chi connectivity index (χ3v) is 6.22. The number of allylic oxidation sites excluding steroid dienone is 1. The van der Waals surface area contributed by atoms with Crippen molar-refractivity contribution in [2.24, 2.45) is 0 Å². The first kappa shape index (κ1) is 16.7. The van der Waals surface area contributed by atoms with Crippen LogP contribution in [0.5, 0.6) is 0 Å². The Morgan fingerprint density at radius 1 is 1.33 bits per heavy atom. The van der Waals surface area contributed by atoms with Crippen LogP contribution >= 0.6 is 0 Å². The van der Waals surface area contributed by atoms with Gasteiger partial charge in [0.05, 0.1) is 15.5 Å². The molecule has 1 atom stereocenters. The van der Waals surface area contributed by atoms with Gasteiger partial charge in [-0.05, 0) is 31.4 Å². The van der Waals surface area contributed by atoms with Gasteiger partial charge in [-0.1, -0.05) is 24.3 Å². The monoisotopic (exact) mass is 350 g/mol. The van der Waals surface area contributed by atoms with E-state index >= 15 is 0 Å². The molecule has 1 aliphatic heterocycles. The first-order chi connectivity index (χ1) is 11.2. The van der Waals surface area contributed by atoms with Crippen LogP contribution in [-0.2, 0) is 16.4 Å². The number of anilines is 1. The standard InChI is InChI=1S/C16H18N2O5S/c1-16(19)9-8-13(11-15(16)18(20)21)24(22,23)17-10-4-6-12-5-2-3-7-14(12)17/h2-3,5,7-8,11,19H,4,6,9-10H2,1H3. The van der Waals surface area contributed by atoms with Crippen molar-refractivity contribution in [1.82, 2.24) is 0 Å². The predicted molar refractivity (Wildman–Crippen MR) is 89.4 cm³/mol. The Labute approximate surface area is 140 Å². The fraction of sp³-hybridized carbons (Fsp3) is 0.375. The summed E-state index contributed by atoms with van der Waals surface area (Å²) in [6.07, 6.45) is 3.68. The molecule has 1 aliphatic carbocycles. The van der Waals surface area contributed by atoms with Crippen LogP contribution in [0.1, 0.15) is 25.3 Å². The van der Waals surface area contributed by atoms with Gasteiger partial charge in [0, 0.05) is 19.0 Å². The second kappa shape index (κ2) is 5.71. The highest BCUT2D eigenvalue weighted by atomic mass is 32.2. The number of benzene rings is 1. The SMILES string of the molecule is CC1(O)CC=C(S(=O)(=O)N2CCCc3ccccc32)C=C1[N+](=O)[O-]. The smallest absolute Gasteiger partial charge is 0.278 e. The van der Waals surface area contributed by atoms with Gasteiger partial charge in [0.25, 0.3) is 15.7 Å². The van der Waals surface area contributed by atoms with Crippen molar-refractivity contribution in [3.63, 3.8) is 0 Å². The minimum Gasteiger partial charge on any atom is -0.379 e. The van der Waals surface area contributed by atoms with Crippen LogP contribution in [-0.4, -0.2) is 30.6 Å². The molecule has 1 N–H and O–H groups in total. The normalized spacial score (nSPS) is 24.0. The topological polar surface area (TPSA) is 101 Å². The van der Waals surface area contributed by atoms with Gasteiger partial charge in [-0.25, -0.2) is 8.42 Å². The molecule has 1 aromatic carbocycles. The Morgan fingerprint density at radius 2 is 2.04 bits per heavy atom. The molecule has 128 valence electrons. The Kier molecular flexibility index (Phi) is 3.97. The maximum absolute atomic E-state index is 13.0. The summed E-state index contributed by atoms with van der Waals surface area (Å²) in [6, 6.07) is 7.25. The highest BCUT2D eigenvalue weighted by Crippen LogP contribution is 2.35. The molecule has 8 heteroatoms. The van der Waals surface area contributed by atoms with Gasteiger partial charge in [0.15, 0.2) is 5.60 Å². The quantitative estimate of drug-likeness (QED) is 0.663. The summed E-state index contributed by atoms with van der Waals surface area (Å²) < 4.78 is 27.3. The van der Waals surface area contributed by atoms with E-state index in [1.807, 2.05) is 12.1 Å². The lowest BCUT2D eigenvalue weighted by Gasteiger charge is -2.32. The van der Waals surface area contributed by atoms with Crippen LogP contribution < -0.4 is 4.31 Å². The van der Waals surface area contributed by atoms with Crippen molar-refractivity contribution in [1.29, 1.82) is 0 Å². The summed E-state index contributed by atoms with van der Waals surface area (Å²) in [4.78, 5) is 10.3. The maximum Gasteiger partial charge on any atom is 0.278 e. The van der Waals surface area contributed by atoms with Crippen molar-refractivity contribution in [3.05, 3.63) is 62.7 Å². The average molecular weight is 350 g/mol. The molecule has 0 saturated carbocycles. The lowest BCUT2D eigenvalue weighted by molar-refractivity contribution is -0.443. The molecular formula is C16H18N2O5S. The summed E-state index contributed by atoms with van der Waals surface area (Å²) in [5.74, 6) is 0. The van der Waals surface area contributed by atoms with Gasteiger partial charge in [-0.2, -0.15) is 0 Å². The Bertz CT molecular complexity index is 855. The van der Waals surface area contributed by atoms with Crippen molar-refractivity contribution in [2.75, 3.05) is 10.8 Å². The van der Waals surface area contributed by atoms with E-state index in [-0.39, 0.29) is 11.3 Å². The highest BCUT2D eigenvalue weighted by Gasteiger charge is 2.41. The summed E-state index contributed by atoms with van der Waals surface area (Å²) in [5, 5.41) is 21.3. The summed E-state index contributed by atoms with van der Waals surface area (Å²) in [5.41, 5.74) is -0.636. The molecule has 1 heterocycles. The van der Waals surface area contributed by atoms with E-state index in [9.17, 15) is 23.6 Å². The molecule has 0 radical (unpaired) electrons. The van der Waals surface area contributed by atoms with Gasteiger partial charge in [-0.3, -0.25) is 14.4 Å². The van der Waals surface area contributed by atoms with E-state index in [4.69, 9.17) is 0 Å². The second-order valence-corrected chi connectivity index (χ2v) is 8.04. The molecule has 0 amide bonds. The van der Waals surface area contributed by atoms with Crippen molar-refractivity contribution >= 4 is 15.7 Å². The third kappa shape index (κ3) is 2.71. The number of rotatable bonds is 3. The first-order valence-electron chi connectivity index (χ1n) is 7.63. The van der Waals surface area contributed by atoms with Crippen LogP contribution in [0.15, 0.2) is 47.0 Å².